The van der Waals surface area contributed by atoms with Crippen LogP contribution in [0.25, 0.3) is 0 Å². The Morgan fingerprint density at radius 1 is 1.07 bits per heavy atom. The van der Waals surface area contributed by atoms with Crippen LogP contribution in [0.3, 0.4) is 0 Å². The van der Waals surface area contributed by atoms with Crippen molar-refractivity contribution in [1.82, 2.24) is 0 Å². The number of unbranched alkanes of at least 4 members (excludes halogenated alkanes) is 1. The molecule has 0 spiro atoms. The summed E-state index contributed by atoms with van der Waals surface area (Å²) in [6, 6.07) is 0. The minimum absolute atomic E-state index is 0.0423. The molecule has 0 radical (unpaired) electrons. The van der Waals surface area contributed by atoms with Crippen molar-refractivity contribution in [1.29, 1.82) is 0 Å². The van der Waals surface area contributed by atoms with E-state index < -0.39 is 17.9 Å². The second-order valence-electron chi connectivity index (χ2n) is 3.61. The Hall–Kier alpha value is -1.10. The molecule has 0 heterocycles. The highest BCUT2D eigenvalue weighted by Gasteiger charge is 2.16. The molecule has 5 heteroatoms. The van der Waals surface area contributed by atoms with Gasteiger partial charge in [0.25, 0.3) is 0 Å². The lowest BCUT2D eigenvalue weighted by Crippen LogP contribution is -2.14. The van der Waals surface area contributed by atoms with E-state index in [-0.39, 0.29) is 6.42 Å². The number of nitrogens with two attached hydrogens (primary N) is 1. The number of aliphatic carboxylic acids is 2. The first-order chi connectivity index (χ1) is 7.07. The summed E-state index contributed by atoms with van der Waals surface area (Å²) in [7, 11) is 0. The van der Waals surface area contributed by atoms with Gasteiger partial charge in [-0.15, -0.1) is 0 Å². The highest BCUT2D eigenvalue weighted by Crippen LogP contribution is 2.16. The van der Waals surface area contributed by atoms with Crippen molar-refractivity contribution in [2.45, 2.75) is 38.5 Å². The van der Waals surface area contributed by atoms with Crippen molar-refractivity contribution in [2.24, 2.45) is 11.7 Å². The van der Waals surface area contributed by atoms with Gasteiger partial charge in [0, 0.05) is 6.42 Å². The zero-order valence-electron chi connectivity index (χ0n) is 8.82. The second kappa shape index (κ2) is 8.23. The lowest BCUT2D eigenvalue weighted by molar-refractivity contribution is -0.143. The molecule has 1 unspecified atom stereocenters. The van der Waals surface area contributed by atoms with Gasteiger partial charge in [0.15, 0.2) is 0 Å². The van der Waals surface area contributed by atoms with Crippen LogP contribution in [0.5, 0.6) is 0 Å². The summed E-state index contributed by atoms with van der Waals surface area (Å²) in [6.07, 6.45) is 3.11. The third-order valence-electron chi connectivity index (χ3n) is 2.30. The summed E-state index contributed by atoms with van der Waals surface area (Å²) in [6.45, 7) is 0.571. The Labute approximate surface area is 89.3 Å². The van der Waals surface area contributed by atoms with Crippen molar-refractivity contribution in [3.8, 4) is 0 Å². The van der Waals surface area contributed by atoms with Crippen molar-refractivity contribution in [2.75, 3.05) is 6.54 Å². The fraction of sp³-hybridized carbons (Fsp3) is 0.800. The predicted molar refractivity (Wildman–Crippen MR) is 55.5 cm³/mol. The highest BCUT2D eigenvalue weighted by atomic mass is 16.4. The maximum absolute atomic E-state index is 10.8. The largest absolute Gasteiger partial charge is 0.481 e. The normalized spacial score (nSPS) is 12.3. The molecule has 15 heavy (non-hydrogen) atoms. The summed E-state index contributed by atoms with van der Waals surface area (Å²) in [5.41, 5.74) is 5.31. The molecule has 0 bridgehead atoms. The van der Waals surface area contributed by atoms with Crippen molar-refractivity contribution in [3.63, 3.8) is 0 Å². The highest BCUT2D eigenvalue weighted by molar-refractivity contribution is 5.70. The molecule has 0 aliphatic rings. The van der Waals surface area contributed by atoms with Gasteiger partial charge < -0.3 is 15.9 Å². The molecule has 0 aliphatic carbocycles. The molecule has 0 saturated heterocycles. The first-order valence-corrected chi connectivity index (χ1v) is 5.22. The van der Waals surface area contributed by atoms with Gasteiger partial charge in [-0.05, 0) is 32.2 Å². The average Bonchev–Trinajstić information content (AvgIpc) is 2.15. The van der Waals surface area contributed by atoms with E-state index >= 15 is 0 Å². The molecule has 4 N–H and O–H groups in total. The van der Waals surface area contributed by atoms with Crippen LogP contribution in [0.4, 0.5) is 0 Å². The molecule has 0 fully saturated rings. The molecule has 0 amide bonds. The number of rotatable bonds is 9. The zero-order chi connectivity index (χ0) is 11.7. The average molecular weight is 217 g/mol. The van der Waals surface area contributed by atoms with Crippen molar-refractivity contribution >= 4 is 11.9 Å². The van der Waals surface area contributed by atoms with Gasteiger partial charge in [0.05, 0.1) is 5.92 Å². The fourth-order valence-electron chi connectivity index (χ4n) is 1.43. The molecular formula is C10H19NO4. The Balaban J connectivity index is 3.73. The predicted octanol–water partition coefficient (Wildman–Crippen LogP) is 1.07. The van der Waals surface area contributed by atoms with Crippen LogP contribution < -0.4 is 5.73 Å². The quantitative estimate of drug-likeness (QED) is 0.501. The SMILES string of the molecule is NCCCCC(CCCC(=O)O)C(=O)O. The van der Waals surface area contributed by atoms with Crippen LogP contribution in [0.15, 0.2) is 0 Å². The smallest absolute Gasteiger partial charge is 0.306 e. The minimum atomic E-state index is -0.874. The van der Waals surface area contributed by atoms with Gasteiger partial charge in [-0.1, -0.05) is 6.42 Å². The van der Waals surface area contributed by atoms with Crippen molar-refractivity contribution < 1.29 is 19.8 Å². The maximum atomic E-state index is 10.8. The van der Waals surface area contributed by atoms with Crippen LogP contribution in [0.1, 0.15) is 38.5 Å². The van der Waals surface area contributed by atoms with E-state index in [9.17, 15) is 9.59 Å². The van der Waals surface area contributed by atoms with Crippen LogP contribution in [-0.2, 0) is 9.59 Å². The summed E-state index contributed by atoms with van der Waals surface area (Å²) >= 11 is 0. The number of hydrogen-bond donors (Lipinski definition) is 3. The van der Waals surface area contributed by atoms with E-state index in [2.05, 4.69) is 0 Å². The Morgan fingerprint density at radius 2 is 1.67 bits per heavy atom. The Morgan fingerprint density at radius 3 is 2.13 bits per heavy atom. The summed E-state index contributed by atoms with van der Waals surface area (Å²) in [4.78, 5) is 21.0. The van der Waals surface area contributed by atoms with E-state index in [0.717, 1.165) is 12.8 Å². The molecule has 0 aromatic heterocycles. The van der Waals surface area contributed by atoms with Crippen molar-refractivity contribution in [3.05, 3.63) is 0 Å². The second-order valence-corrected chi connectivity index (χ2v) is 3.61. The lowest BCUT2D eigenvalue weighted by atomic mass is 9.96. The molecule has 0 aromatic carbocycles. The lowest BCUT2D eigenvalue weighted by Gasteiger charge is -2.10. The minimum Gasteiger partial charge on any atom is -0.481 e. The van der Waals surface area contributed by atoms with E-state index in [1.165, 1.54) is 0 Å². The first kappa shape index (κ1) is 13.9. The van der Waals surface area contributed by atoms with Crippen LogP contribution in [-0.4, -0.2) is 28.7 Å². The monoisotopic (exact) mass is 217 g/mol. The van der Waals surface area contributed by atoms with Crippen LogP contribution in [0, 0.1) is 5.92 Å². The van der Waals surface area contributed by atoms with Gasteiger partial charge in [-0.25, -0.2) is 0 Å². The molecule has 0 saturated carbocycles. The first-order valence-electron chi connectivity index (χ1n) is 5.22. The van der Waals surface area contributed by atoms with Gasteiger partial charge >= 0.3 is 11.9 Å². The van der Waals surface area contributed by atoms with E-state index in [4.69, 9.17) is 15.9 Å². The van der Waals surface area contributed by atoms with E-state index in [1.807, 2.05) is 0 Å². The Bertz CT molecular complexity index is 206. The number of carbonyl (C=O) groups is 2. The standard InChI is InChI=1S/C10H19NO4/c11-7-2-1-4-8(10(14)15)5-3-6-9(12)13/h8H,1-7,11H2,(H,12,13)(H,14,15). The van der Waals surface area contributed by atoms with E-state index in [0.29, 0.717) is 25.8 Å². The molecular weight excluding hydrogens is 198 g/mol. The fourth-order valence-corrected chi connectivity index (χ4v) is 1.43. The Kier molecular flexibility index (Phi) is 7.62. The number of carboxylic acids is 2. The molecule has 0 aromatic rings. The molecule has 88 valence electrons. The molecule has 1 atom stereocenters. The van der Waals surface area contributed by atoms with Gasteiger partial charge in [0.1, 0.15) is 0 Å². The van der Waals surface area contributed by atoms with E-state index in [1.54, 1.807) is 0 Å². The van der Waals surface area contributed by atoms with Crippen LogP contribution in [0.2, 0.25) is 0 Å². The van der Waals surface area contributed by atoms with Gasteiger partial charge in [-0.2, -0.15) is 0 Å². The topological polar surface area (TPSA) is 101 Å². The molecule has 5 nitrogen and oxygen atoms in total. The van der Waals surface area contributed by atoms with Gasteiger partial charge in [0.2, 0.25) is 0 Å². The summed E-state index contributed by atoms with van der Waals surface area (Å²) < 4.78 is 0. The third kappa shape index (κ3) is 7.93. The number of carboxylic acid groups (broad SMARTS) is 2. The summed E-state index contributed by atoms with van der Waals surface area (Å²) in [5.74, 6) is -2.13. The van der Waals surface area contributed by atoms with Gasteiger partial charge in [-0.3, -0.25) is 9.59 Å². The third-order valence-corrected chi connectivity index (χ3v) is 2.30. The molecule has 0 rings (SSSR count). The summed E-state index contributed by atoms with van der Waals surface area (Å²) in [5, 5.41) is 17.3. The maximum Gasteiger partial charge on any atom is 0.306 e. The van der Waals surface area contributed by atoms with Crippen LogP contribution >= 0.6 is 0 Å². The zero-order valence-corrected chi connectivity index (χ0v) is 8.82. The molecule has 0 aliphatic heterocycles. The number of hydrogen-bond acceptors (Lipinski definition) is 3.